The van der Waals surface area contributed by atoms with Crippen molar-refractivity contribution >= 4 is 15.2 Å². The summed E-state index contributed by atoms with van der Waals surface area (Å²) in [5, 5.41) is 35.3. The molecule has 16 aliphatic rings. The topological polar surface area (TPSA) is 97.5 Å². The Morgan fingerprint density at radius 2 is 1.08 bits per heavy atom. The first kappa shape index (κ1) is 48.4. The van der Waals surface area contributed by atoms with Crippen LogP contribution in [0.3, 0.4) is 0 Å². The van der Waals surface area contributed by atoms with Gasteiger partial charge in [-0.2, -0.15) is 0 Å². The largest absolute Gasteiger partial charge is 0.504 e. The minimum absolute atomic E-state index is 0. The molecule has 0 radical (unpaired) electrons. The summed E-state index contributed by atoms with van der Waals surface area (Å²) in [6, 6.07) is 10.2. The van der Waals surface area contributed by atoms with Crippen LogP contribution < -0.4 is 9.47 Å². The average molecular weight is 988 g/mol. The van der Waals surface area contributed by atoms with Crippen LogP contribution in [0, 0.1) is 63.1 Å². The predicted molar refractivity (Wildman–Crippen MR) is 287 cm³/mol. The quantitative estimate of drug-likeness (QED) is 0.151. The number of hydrogen-bond acceptors (Lipinski definition) is 8. The number of aliphatic hydroxyl groups is 2. The van der Waals surface area contributed by atoms with Gasteiger partial charge >= 0.3 is 0 Å². The predicted octanol–water partition coefficient (Wildman–Crippen LogP) is 11.3. The van der Waals surface area contributed by atoms with Crippen LogP contribution in [0.5, 0.6) is 17.2 Å². The maximum absolute atomic E-state index is 12.2. The van der Waals surface area contributed by atoms with Crippen molar-refractivity contribution < 1.29 is 24.8 Å². The molecule has 0 aromatic heterocycles. The maximum atomic E-state index is 12.2. The van der Waals surface area contributed by atoms with Gasteiger partial charge in [0.2, 0.25) is 0 Å². The van der Waals surface area contributed by atoms with Gasteiger partial charge in [-0.25, -0.2) is 0 Å². The van der Waals surface area contributed by atoms with Crippen molar-refractivity contribution in [1.82, 2.24) is 9.80 Å². The number of phenols is 1. The second kappa shape index (κ2) is 13.8. The Kier molecular flexibility index (Phi) is 9.44. The van der Waals surface area contributed by atoms with Crippen molar-refractivity contribution in [2.24, 2.45) is 61.2 Å². The smallest absolute Gasteiger partial charge is 0.165 e. The number of benzene rings is 2. The fraction of sp³-hybridized carbons (Fsp3) is 0.790. The number of hydrogen-bond donors (Lipinski definition) is 3. The van der Waals surface area contributed by atoms with Crippen LogP contribution in [-0.2, 0) is 23.7 Å². The molecule has 8 bridgehead atoms. The minimum Gasteiger partial charge on any atom is -0.504 e. The Bertz CT molecular complexity index is 2500. The number of aliphatic imine (C=N–C) groups is 1. The summed E-state index contributed by atoms with van der Waals surface area (Å²) in [5.41, 5.74) is 6.64. The van der Waals surface area contributed by atoms with Gasteiger partial charge in [-0.05, 0) is 168 Å². The molecule has 19 atom stereocenters. The lowest BCUT2D eigenvalue weighted by atomic mass is 9.35. The summed E-state index contributed by atoms with van der Waals surface area (Å²) >= 11 is 0. The molecule has 3 N–H and O–H groups in total. The number of fused-ring (bicyclic) bond motifs is 4. The molecule has 6 spiro atoms. The van der Waals surface area contributed by atoms with E-state index in [1.165, 1.54) is 106 Å². The van der Waals surface area contributed by atoms with E-state index in [1.807, 2.05) is 6.07 Å². The summed E-state index contributed by atoms with van der Waals surface area (Å²) in [5.74, 6) is 6.30. The van der Waals surface area contributed by atoms with E-state index in [2.05, 4.69) is 118 Å². The third kappa shape index (κ3) is 5.23. The molecule has 71 heavy (non-hydrogen) atoms. The van der Waals surface area contributed by atoms with Crippen molar-refractivity contribution in [3.8, 4) is 17.2 Å². The van der Waals surface area contributed by atoms with Crippen LogP contribution in [0.1, 0.15) is 182 Å². The number of piperidine rings is 2. The number of ether oxygens (including phenoxy) is 2. The molecule has 2 aromatic carbocycles. The molecule has 12 fully saturated rings. The highest BCUT2D eigenvalue weighted by atomic mass is 31.0. The van der Waals surface area contributed by atoms with E-state index in [1.54, 1.807) is 24.1 Å². The molecule has 2 saturated heterocycles. The molecule has 4 aliphatic heterocycles. The van der Waals surface area contributed by atoms with E-state index in [0.29, 0.717) is 23.4 Å². The Labute approximate surface area is 429 Å². The zero-order valence-electron chi connectivity index (χ0n) is 44.9. The number of phenolic OH excluding ortho intramolecular Hbond substituents is 1. The molecular weight excluding hydrogens is 898 g/mol. The molecule has 0 amide bonds. The first-order valence-electron chi connectivity index (χ1n) is 28.2. The number of nitrogens with zero attached hydrogens (tertiary/aromatic N) is 3. The number of aromatic hydroxyl groups is 1. The first-order chi connectivity index (χ1) is 32.8. The average Bonchev–Trinajstić information content (AvgIpc) is 4.27. The van der Waals surface area contributed by atoms with Gasteiger partial charge in [-0.15, -0.1) is 0 Å². The van der Waals surface area contributed by atoms with Crippen molar-refractivity contribution in [3.63, 3.8) is 0 Å². The molecule has 18 rings (SSSR count). The normalized spacial score (nSPS) is 48.5. The van der Waals surface area contributed by atoms with E-state index in [4.69, 9.17) is 9.47 Å². The highest BCUT2D eigenvalue weighted by Gasteiger charge is 2.93. The number of aryl methyl sites for hydroxylation is 1. The molecule has 4 heterocycles. The van der Waals surface area contributed by atoms with Crippen LogP contribution in [0.25, 0.3) is 0 Å². The summed E-state index contributed by atoms with van der Waals surface area (Å²) in [7, 11) is 4.09. The van der Waals surface area contributed by atoms with Crippen LogP contribution in [0.15, 0.2) is 29.3 Å². The SMILES string of the molecule is C.CC12CCC3(CC1C(C)(O)C(C)(C)C)[C@@H]1N(CC4CC4)C14Cc1ccc(O)c5c1[C@@]3(C4)C2O5.CN=CP.Cc1ccc2c3c1OC1C4(C)CCC5(CC4C(C)(O)C(C)(C)C)[C@@H]4N(CC6CC6)C4(C2)C[C@]315. The van der Waals surface area contributed by atoms with E-state index in [9.17, 15) is 15.3 Å². The molecule has 12 aliphatic carbocycles. The third-order valence-corrected chi connectivity index (χ3v) is 25.9. The zero-order chi connectivity index (χ0) is 49.4. The van der Waals surface area contributed by atoms with Gasteiger partial charge < -0.3 is 24.8 Å². The molecule has 388 valence electrons. The van der Waals surface area contributed by atoms with Crippen LogP contribution in [0.2, 0.25) is 0 Å². The first-order valence-corrected chi connectivity index (χ1v) is 28.9. The lowest BCUT2D eigenvalue weighted by Crippen LogP contribution is -2.73. The summed E-state index contributed by atoms with van der Waals surface area (Å²) in [4.78, 5) is 9.47. The number of rotatable bonds is 6. The highest BCUT2D eigenvalue weighted by Crippen LogP contribution is 2.89. The summed E-state index contributed by atoms with van der Waals surface area (Å²) in [6.07, 6.45) is 17.9. The molecule has 10 saturated carbocycles. The molecule has 8 nitrogen and oxygen atoms in total. The summed E-state index contributed by atoms with van der Waals surface area (Å²) in [6.45, 7) is 27.3. The second-order valence-electron chi connectivity index (χ2n) is 30.1. The van der Waals surface area contributed by atoms with Crippen LogP contribution >= 0.6 is 9.24 Å². The van der Waals surface area contributed by atoms with Crippen molar-refractivity contribution in [3.05, 3.63) is 52.1 Å². The van der Waals surface area contributed by atoms with Gasteiger partial charge in [0.1, 0.15) is 18.0 Å². The fourth-order valence-corrected chi connectivity index (χ4v) is 21.4. The standard InChI is InChI=1S/C30H41NO2.C29H39NO3.C2H6NP.CH4/c1-17-7-10-19-13-29-16-30-21(19)22(17)33-24(30)26(5)11-12-28(30,23(29)31(29)15-18-8-9-18)14-20(26)27(6,32)25(2,3)4;1-24(2,3)26(5,32)19-13-27-11-10-25(19,4)23-29(27)15-28(22(27)30(28)14-16-6-7-16)12-17-8-9-18(31)21(33-23)20(17)29;1-3-2-4;/h7,10,18,20,23-24,32H,8-9,11-16H2,1-6H3;8-9,16,19,22-23,31-32H,6-7,10-15H2,1-5H3;2H,4H2,1H3;1H4/t20?,23-,24?,26?,27?,28?,29?,30-,31?;19?,22-,23?,25?,26?,27?,28?,29-,30?;;/m00../s1. The Morgan fingerprint density at radius 3 is 1.49 bits per heavy atom. The lowest BCUT2D eigenvalue weighted by Gasteiger charge is -2.70. The molecular formula is C62H90N3O5P. The Hall–Kier alpha value is -2.22. The van der Waals surface area contributed by atoms with Crippen molar-refractivity contribution in [1.29, 1.82) is 0 Å². The van der Waals surface area contributed by atoms with Crippen LogP contribution in [0.4, 0.5) is 0 Å². The maximum Gasteiger partial charge on any atom is 0.165 e. The fourth-order valence-electron chi connectivity index (χ4n) is 21.4. The lowest BCUT2D eigenvalue weighted by molar-refractivity contribution is -0.246. The minimum atomic E-state index is -0.778. The van der Waals surface area contributed by atoms with Gasteiger partial charge in [0.25, 0.3) is 0 Å². The number of likely N-dealkylation sites (tertiary alicyclic amines) is 2. The van der Waals surface area contributed by atoms with E-state index in [0.717, 1.165) is 36.8 Å². The Morgan fingerprint density at radius 1 is 0.676 bits per heavy atom. The van der Waals surface area contributed by atoms with E-state index < -0.39 is 11.2 Å². The highest BCUT2D eigenvalue weighted by molar-refractivity contribution is 7.36. The molecule has 9 heteroatoms. The molecule has 2 aromatic rings. The van der Waals surface area contributed by atoms with Gasteiger partial charge in [0.05, 0.1) is 11.2 Å². The van der Waals surface area contributed by atoms with E-state index >= 15 is 0 Å². The third-order valence-electron chi connectivity index (χ3n) is 25.6. The molecule has 15 unspecified atom stereocenters. The van der Waals surface area contributed by atoms with Gasteiger partial charge in [0, 0.05) is 92.9 Å². The van der Waals surface area contributed by atoms with Gasteiger partial charge in [-0.1, -0.05) is 90.3 Å². The van der Waals surface area contributed by atoms with Gasteiger partial charge in [-0.3, -0.25) is 14.8 Å². The Balaban J connectivity index is 0.000000127. The van der Waals surface area contributed by atoms with Gasteiger partial charge in [0.15, 0.2) is 11.5 Å². The zero-order valence-corrected chi connectivity index (χ0v) is 46.1. The van der Waals surface area contributed by atoms with Crippen LogP contribution in [-0.4, -0.2) is 97.8 Å². The summed E-state index contributed by atoms with van der Waals surface area (Å²) < 4.78 is 14.1. The van der Waals surface area contributed by atoms with Crippen molar-refractivity contribution in [2.75, 3.05) is 20.1 Å². The van der Waals surface area contributed by atoms with E-state index in [-0.39, 0.29) is 80.3 Å². The monoisotopic (exact) mass is 988 g/mol. The van der Waals surface area contributed by atoms with Crippen molar-refractivity contribution in [2.45, 2.75) is 231 Å². The second-order valence-corrected chi connectivity index (χ2v) is 30.4.